The normalized spacial score (nSPS) is 13.3. The molecule has 0 spiro atoms. The molecule has 4 rings (SSSR count). The van der Waals surface area contributed by atoms with E-state index in [0.717, 1.165) is 28.7 Å². The van der Waals surface area contributed by atoms with Crippen molar-refractivity contribution < 1.29 is 4.79 Å². The molecule has 0 aliphatic carbocycles. The first kappa shape index (κ1) is 19.1. The van der Waals surface area contributed by atoms with E-state index in [4.69, 9.17) is 23.2 Å². The predicted octanol–water partition coefficient (Wildman–Crippen LogP) is 5.32. The number of aromatic nitrogens is 3. The van der Waals surface area contributed by atoms with E-state index in [2.05, 4.69) is 15.5 Å². The average molecular weight is 434 g/mol. The zero-order valence-electron chi connectivity index (χ0n) is 14.8. The summed E-state index contributed by atoms with van der Waals surface area (Å²) in [5.74, 6) is 1.24. The molecular formula is C19H17Cl2N5OS. The summed E-state index contributed by atoms with van der Waals surface area (Å²) in [5, 5.41) is 13.5. The van der Waals surface area contributed by atoms with Gasteiger partial charge in [0.15, 0.2) is 5.16 Å². The molecule has 0 saturated carbocycles. The Morgan fingerprint density at radius 1 is 1.11 bits per heavy atom. The van der Waals surface area contributed by atoms with Gasteiger partial charge in [0, 0.05) is 34.6 Å². The molecule has 0 fully saturated rings. The molecule has 2 heterocycles. The maximum absolute atomic E-state index is 12.7. The number of benzene rings is 2. The van der Waals surface area contributed by atoms with Gasteiger partial charge in [-0.05, 0) is 36.2 Å². The summed E-state index contributed by atoms with van der Waals surface area (Å²) < 4.78 is 1.97. The van der Waals surface area contributed by atoms with Crippen LogP contribution in [0.5, 0.6) is 0 Å². The summed E-state index contributed by atoms with van der Waals surface area (Å²) in [6.07, 6.45) is 0.827. The van der Waals surface area contributed by atoms with Crippen LogP contribution in [0.2, 0.25) is 10.0 Å². The van der Waals surface area contributed by atoms with E-state index in [9.17, 15) is 4.79 Å². The molecule has 1 aliphatic rings. The molecule has 0 bridgehead atoms. The highest BCUT2D eigenvalue weighted by molar-refractivity contribution is 7.98. The summed E-state index contributed by atoms with van der Waals surface area (Å²) in [6, 6.07) is 14.5. The van der Waals surface area contributed by atoms with Crippen molar-refractivity contribution >= 4 is 52.6 Å². The Bertz CT molecular complexity index is 1010. The van der Waals surface area contributed by atoms with Gasteiger partial charge in [-0.15, -0.1) is 10.2 Å². The van der Waals surface area contributed by atoms with E-state index in [0.29, 0.717) is 29.0 Å². The minimum atomic E-state index is -0.252. The van der Waals surface area contributed by atoms with Crippen molar-refractivity contribution in [2.45, 2.75) is 23.9 Å². The molecule has 28 heavy (non-hydrogen) atoms. The third-order valence-electron chi connectivity index (χ3n) is 4.34. The second-order valence-electron chi connectivity index (χ2n) is 6.26. The fraction of sp³-hybridized carbons (Fsp3) is 0.211. The van der Waals surface area contributed by atoms with E-state index < -0.39 is 0 Å². The number of nitrogens with one attached hydrogen (secondary N) is 1. The number of hydrogen-bond donors (Lipinski definition) is 1. The third-order valence-corrected chi connectivity index (χ3v) is 5.96. The molecule has 0 unspecified atom stereocenters. The first-order chi connectivity index (χ1) is 13.6. The number of amides is 2. The number of carbonyl (C=O) groups excluding carboxylic acids is 1. The minimum Gasteiger partial charge on any atom is -0.307 e. The Morgan fingerprint density at radius 2 is 1.96 bits per heavy atom. The van der Waals surface area contributed by atoms with Crippen molar-refractivity contribution in [3.05, 3.63) is 64.1 Å². The van der Waals surface area contributed by atoms with Crippen LogP contribution in [0.1, 0.15) is 12.0 Å². The van der Waals surface area contributed by atoms with Crippen LogP contribution in [0.25, 0.3) is 0 Å². The van der Waals surface area contributed by atoms with Gasteiger partial charge in [-0.2, -0.15) is 0 Å². The number of halogens is 2. The standard InChI is InChI=1S/C19H17Cl2N5OS/c20-14-6-3-7-15(11-14)22-18(27)25-9-4-10-26-17(25)23-24-19(26)28-12-13-5-1-2-8-16(13)21/h1-3,5-8,11H,4,9-10,12H2,(H,22,27). The second kappa shape index (κ2) is 8.43. The second-order valence-corrected chi connectivity index (χ2v) is 8.05. The Hall–Kier alpha value is -2.22. The number of fused-ring (bicyclic) bond motifs is 1. The predicted molar refractivity (Wildman–Crippen MR) is 113 cm³/mol. The molecule has 144 valence electrons. The van der Waals surface area contributed by atoms with E-state index >= 15 is 0 Å². The number of carbonyl (C=O) groups is 1. The number of rotatable bonds is 4. The molecule has 1 aromatic heterocycles. The Balaban J connectivity index is 1.49. The Labute approximate surface area is 176 Å². The Morgan fingerprint density at radius 3 is 2.79 bits per heavy atom. The van der Waals surface area contributed by atoms with Crippen molar-refractivity contribution in [2.75, 3.05) is 16.8 Å². The molecule has 2 amide bonds. The van der Waals surface area contributed by atoms with Crippen molar-refractivity contribution in [3.8, 4) is 0 Å². The number of hydrogen-bond acceptors (Lipinski definition) is 4. The quantitative estimate of drug-likeness (QED) is 0.565. The molecule has 6 nitrogen and oxygen atoms in total. The molecule has 9 heteroatoms. The number of anilines is 2. The summed E-state index contributed by atoms with van der Waals surface area (Å²) in [4.78, 5) is 14.3. The van der Waals surface area contributed by atoms with Crippen LogP contribution in [0.15, 0.2) is 53.7 Å². The highest BCUT2D eigenvalue weighted by atomic mass is 35.5. The first-order valence-electron chi connectivity index (χ1n) is 8.75. The van der Waals surface area contributed by atoms with Gasteiger partial charge in [0.2, 0.25) is 5.95 Å². The largest absolute Gasteiger partial charge is 0.328 e. The maximum Gasteiger partial charge on any atom is 0.328 e. The van der Waals surface area contributed by atoms with Gasteiger partial charge in [-0.25, -0.2) is 4.79 Å². The van der Waals surface area contributed by atoms with E-state index in [1.165, 1.54) is 0 Å². The van der Waals surface area contributed by atoms with Crippen LogP contribution >= 0.6 is 35.0 Å². The van der Waals surface area contributed by atoms with Crippen molar-refractivity contribution in [1.29, 1.82) is 0 Å². The number of thioether (sulfide) groups is 1. The molecule has 0 atom stereocenters. The van der Waals surface area contributed by atoms with Crippen molar-refractivity contribution in [2.24, 2.45) is 0 Å². The minimum absolute atomic E-state index is 0.252. The first-order valence-corrected chi connectivity index (χ1v) is 10.5. The zero-order valence-corrected chi connectivity index (χ0v) is 17.1. The van der Waals surface area contributed by atoms with Crippen LogP contribution in [-0.2, 0) is 12.3 Å². The molecule has 1 aliphatic heterocycles. The highest BCUT2D eigenvalue weighted by Gasteiger charge is 2.27. The number of nitrogens with zero attached hydrogens (tertiary/aromatic N) is 4. The van der Waals surface area contributed by atoms with Crippen LogP contribution in [0.3, 0.4) is 0 Å². The fourth-order valence-corrected chi connectivity index (χ4v) is 4.41. The summed E-state index contributed by atoms with van der Waals surface area (Å²) in [7, 11) is 0. The van der Waals surface area contributed by atoms with Gasteiger partial charge in [-0.3, -0.25) is 9.47 Å². The van der Waals surface area contributed by atoms with Crippen LogP contribution in [0, 0.1) is 0 Å². The lowest BCUT2D eigenvalue weighted by Gasteiger charge is -2.27. The van der Waals surface area contributed by atoms with Gasteiger partial charge in [0.1, 0.15) is 0 Å². The summed E-state index contributed by atoms with van der Waals surface area (Å²) in [6.45, 7) is 1.36. The van der Waals surface area contributed by atoms with Crippen LogP contribution in [0.4, 0.5) is 16.4 Å². The third kappa shape index (κ3) is 4.11. The van der Waals surface area contributed by atoms with Crippen LogP contribution < -0.4 is 10.2 Å². The van der Waals surface area contributed by atoms with Gasteiger partial charge in [0.05, 0.1) is 0 Å². The molecule has 0 radical (unpaired) electrons. The van der Waals surface area contributed by atoms with Crippen molar-refractivity contribution in [3.63, 3.8) is 0 Å². The SMILES string of the molecule is O=C(Nc1cccc(Cl)c1)N1CCCn2c(SCc3ccccc3Cl)nnc21. The van der Waals surface area contributed by atoms with Gasteiger partial charge < -0.3 is 5.32 Å². The van der Waals surface area contributed by atoms with Crippen molar-refractivity contribution in [1.82, 2.24) is 14.8 Å². The molecule has 1 N–H and O–H groups in total. The highest BCUT2D eigenvalue weighted by Crippen LogP contribution is 2.30. The lowest BCUT2D eigenvalue weighted by Crippen LogP contribution is -2.40. The Kier molecular flexibility index (Phi) is 5.75. The molecular weight excluding hydrogens is 417 g/mol. The summed E-state index contributed by atoms with van der Waals surface area (Å²) in [5.41, 5.74) is 1.68. The van der Waals surface area contributed by atoms with E-state index in [1.54, 1.807) is 40.9 Å². The monoisotopic (exact) mass is 433 g/mol. The maximum atomic E-state index is 12.7. The van der Waals surface area contributed by atoms with E-state index in [1.807, 2.05) is 28.8 Å². The topological polar surface area (TPSA) is 63.1 Å². The number of urea groups is 1. The van der Waals surface area contributed by atoms with E-state index in [-0.39, 0.29) is 6.03 Å². The van der Waals surface area contributed by atoms with Gasteiger partial charge in [-0.1, -0.05) is 59.2 Å². The van der Waals surface area contributed by atoms with Crippen LogP contribution in [-0.4, -0.2) is 27.3 Å². The lowest BCUT2D eigenvalue weighted by molar-refractivity contribution is 0.255. The summed E-state index contributed by atoms with van der Waals surface area (Å²) >= 11 is 13.8. The molecule has 3 aromatic rings. The van der Waals surface area contributed by atoms with Gasteiger partial charge >= 0.3 is 6.03 Å². The average Bonchev–Trinajstić information content (AvgIpc) is 3.10. The van der Waals surface area contributed by atoms with Gasteiger partial charge in [0.25, 0.3) is 0 Å². The lowest BCUT2D eigenvalue weighted by atomic mass is 10.2. The fourth-order valence-electron chi connectivity index (χ4n) is 2.98. The zero-order chi connectivity index (χ0) is 19.5. The smallest absolute Gasteiger partial charge is 0.307 e. The molecule has 2 aromatic carbocycles. The molecule has 0 saturated heterocycles.